The van der Waals surface area contributed by atoms with E-state index in [0.717, 1.165) is 42.9 Å². The number of rotatable bonds is 5. The number of hydrogen-bond acceptors (Lipinski definition) is 4. The Morgan fingerprint density at radius 2 is 2.17 bits per heavy atom. The average molecular weight is 350 g/mol. The number of guanidine groups is 1. The van der Waals surface area contributed by atoms with Crippen LogP contribution in [0.1, 0.15) is 42.5 Å². The summed E-state index contributed by atoms with van der Waals surface area (Å²) in [6, 6.07) is 0. The van der Waals surface area contributed by atoms with Crippen LogP contribution in [0.3, 0.4) is 0 Å². The first-order chi connectivity index (χ1) is 11.8. The van der Waals surface area contributed by atoms with Gasteiger partial charge in [-0.3, -0.25) is 4.99 Å². The van der Waals surface area contributed by atoms with E-state index in [-0.39, 0.29) is 0 Å². The van der Waals surface area contributed by atoms with E-state index in [4.69, 9.17) is 0 Å². The zero-order chi connectivity index (χ0) is 16.8. The van der Waals surface area contributed by atoms with E-state index in [1.54, 1.807) is 11.3 Å². The zero-order valence-corrected chi connectivity index (χ0v) is 15.9. The van der Waals surface area contributed by atoms with Crippen LogP contribution in [0.2, 0.25) is 0 Å². The first kappa shape index (κ1) is 17.7. The Morgan fingerprint density at radius 1 is 1.33 bits per heavy atom. The number of nitrogens with zero attached hydrogens (tertiary/aromatic N) is 4. The van der Waals surface area contributed by atoms with Crippen molar-refractivity contribution in [2.75, 3.05) is 39.8 Å². The lowest BCUT2D eigenvalue weighted by atomic mass is 10.1. The minimum absolute atomic E-state index is 0.782. The topological polar surface area (TPSA) is 43.8 Å². The van der Waals surface area contributed by atoms with Crippen LogP contribution < -0.4 is 5.32 Å². The van der Waals surface area contributed by atoms with E-state index in [1.807, 2.05) is 13.2 Å². The normalized spacial score (nSPS) is 23.0. The van der Waals surface area contributed by atoms with Crippen molar-refractivity contribution in [3.63, 3.8) is 0 Å². The average Bonchev–Trinajstić information content (AvgIpc) is 3.26. The maximum absolute atomic E-state index is 4.49. The molecule has 0 amide bonds. The number of thiazole rings is 1. The van der Waals surface area contributed by atoms with Gasteiger partial charge in [-0.2, -0.15) is 0 Å². The van der Waals surface area contributed by atoms with Crippen LogP contribution in [-0.4, -0.2) is 60.5 Å². The highest BCUT2D eigenvalue weighted by Crippen LogP contribution is 2.20. The van der Waals surface area contributed by atoms with Crippen molar-refractivity contribution in [3.8, 4) is 0 Å². The summed E-state index contributed by atoms with van der Waals surface area (Å²) in [4.78, 5) is 15.4. The highest BCUT2D eigenvalue weighted by Gasteiger charge is 2.26. The van der Waals surface area contributed by atoms with Crippen molar-refractivity contribution < 1.29 is 0 Å². The molecule has 3 rings (SSSR count). The third-order valence-electron chi connectivity index (χ3n) is 5.11. The maximum atomic E-state index is 4.49. The van der Waals surface area contributed by atoms with Crippen LogP contribution in [0.25, 0.3) is 0 Å². The minimum atomic E-state index is 0.782. The third kappa shape index (κ3) is 4.70. The molecule has 0 aliphatic carbocycles. The first-order valence-electron chi connectivity index (χ1n) is 9.40. The Kier molecular flexibility index (Phi) is 6.49. The summed E-state index contributed by atoms with van der Waals surface area (Å²) in [7, 11) is 1.89. The number of aliphatic imine (C=N–C) groups is 1. The van der Waals surface area contributed by atoms with Crippen molar-refractivity contribution in [3.05, 3.63) is 16.1 Å². The van der Waals surface area contributed by atoms with Crippen molar-refractivity contribution in [1.82, 2.24) is 20.1 Å². The third-order valence-corrected chi connectivity index (χ3v) is 6.25. The number of hydrogen-bond donors (Lipinski definition) is 1. The molecule has 2 aliphatic rings. The van der Waals surface area contributed by atoms with Crippen LogP contribution in [0.15, 0.2) is 11.2 Å². The molecule has 0 radical (unpaired) electrons. The second kappa shape index (κ2) is 8.81. The molecule has 2 saturated heterocycles. The second-order valence-electron chi connectivity index (χ2n) is 6.94. The molecule has 0 spiro atoms. The second-order valence-corrected chi connectivity index (χ2v) is 8.14. The van der Waals surface area contributed by atoms with Gasteiger partial charge < -0.3 is 15.1 Å². The van der Waals surface area contributed by atoms with Crippen LogP contribution in [-0.2, 0) is 13.0 Å². The summed E-state index contributed by atoms with van der Waals surface area (Å²) in [6.07, 6.45) is 8.53. The molecule has 5 nitrogen and oxygen atoms in total. The largest absolute Gasteiger partial charge is 0.350 e. The number of likely N-dealkylation sites (tertiary alicyclic amines) is 2. The summed E-state index contributed by atoms with van der Waals surface area (Å²) >= 11 is 1.80. The van der Waals surface area contributed by atoms with Gasteiger partial charge >= 0.3 is 0 Å². The number of nitrogens with one attached hydrogen (secondary N) is 1. The van der Waals surface area contributed by atoms with Gasteiger partial charge in [0.1, 0.15) is 5.01 Å². The fraction of sp³-hybridized carbons (Fsp3) is 0.778. The predicted molar refractivity (Wildman–Crippen MR) is 102 cm³/mol. The Labute approximate surface area is 150 Å². The van der Waals surface area contributed by atoms with E-state index < -0.39 is 0 Å². The van der Waals surface area contributed by atoms with Crippen LogP contribution in [0, 0.1) is 5.92 Å². The summed E-state index contributed by atoms with van der Waals surface area (Å²) in [6.45, 7) is 9.08. The van der Waals surface area contributed by atoms with Gasteiger partial charge in [0.05, 0.1) is 6.54 Å². The molecule has 1 unspecified atom stereocenters. The lowest BCUT2D eigenvalue weighted by Gasteiger charge is -2.29. The molecule has 1 N–H and O–H groups in total. The van der Waals surface area contributed by atoms with E-state index in [1.165, 1.54) is 50.2 Å². The Bertz CT molecular complexity index is 535. The minimum Gasteiger partial charge on any atom is -0.350 e. The molecule has 0 saturated carbocycles. The highest BCUT2D eigenvalue weighted by molar-refractivity contribution is 7.11. The Hall–Kier alpha value is -1.14. The van der Waals surface area contributed by atoms with Gasteiger partial charge in [-0.1, -0.05) is 13.3 Å². The smallest absolute Gasteiger partial charge is 0.194 e. The lowest BCUT2D eigenvalue weighted by molar-refractivity contribution is 0.198. The van der Waals surface area contributed by atoms with Gasteiger partial charge in [-0.25, -0.2) is 4.98 Å². The van der Waals surface area contributed by atoms with E-state index in [0.29, 0.717) is 0 Å². The number of aromatic nitrogens is 1. The van der Waals surface area contributed by atoms with E-state index >= 15 is 0 Å². The van der Waals surface area contributed by atoms with Gasteiger partial charge in [0, 0.05) is 37.8 Å². The molecule has 0 aromatic carbocycles. The molecular weight excluding hydrogens is 318 g/mol. The molecule has 3 heterocycles. The van der Waals surface area contributed by atoms with Crippen molar-refractivity contribution in [2.45, 2.75) is 45.6 Å². The Balaban J connectivity index is 1.45. The summed E-state index contributed by atoms with van der Waals surface area (Å²) in [5, 5.41) is 4.65. The summed E-state index contributed by atoms with van der Waals surface area (Å²) in [5.41, 5.74) is 0. The van der Waals surface area contributed by atoms with Crippen LogP contribution in [0.5, 0.6) is 0 Å². The van der Waals surface area contributed by atoms with Crippen LogP contribution in [0.4, 0.5) is 0 Å². The van der Waals surface area contributed by atoms with Crippen molar-refractivity contribution >= 4 is 17.3 Å². The van der Waals surface area contributed by atoms with Crippen LogP contribution >= 0.6 is 11.3 Å². The Morgan fingerprint density at radius 3 is 2.88 bits per heavy atom. The highest BCUT2D eigenvalue weighted by atomic mass is 32.1. The van der Waals surface area contributed by atoms with Crippen molar-refractivity contribution in [2.24, 2.45) is 10.9 Å². The van der Waals surface area contributed by atoms with E-state index in [9.17, 15) is 0 Å². The number of piperidine rings is 1. The van der Waals surface area contributed by atoms with Gasteiger partial charge in [0.15, 0.2) is 5.96 Å². The summed E-state index contributed by atoms with van der Waals surface area (Å²) < 4.78 is 0. The molecule has 1 atom stereocenters. The predicted octanol–water partition coefficient (Wildman–Crippen LogP) is 2.59. The van der Waals surface area contributed by atoms with Gasteiger partial charge in [0.2, 0.25) is 0 Å². The molecular formula is C18H31N5S. The van der Waals surface area contributed by atoms with Gasteiger partial charge in [-0.05, 0) is 44.7 Å². The zero-order valence-electron chi connectivity index (χ0n) is 15.1. The molecule has 2 aliphatic heterocycles. The van der Waals surface area contributed by atoms with E-state index in [2.05, 4.69) is 32.0 Å². The van der Waals surface area contributed by atoms with Crippen molar-refractivity contribution in [1.29, 1.82) is 0 Å². The van der Waals surface area contributed by atoms with Gasteiger partial charge in [-0.15, -0.1) is 11.3 Å². The molecule has 2 fully saturated rings. The molecule has 134 valence electrons. The first-order valence-corrected chi connectivity index (χ1v) is 10.2. The molecule has 1 aromatic rings. The molecule has 0 bridgehead atoms. The quantitative estimate of drug-likeness (QED) is 0.655. The molecule has 24 heavy (non-hydrogen) atoms. The maximum Gasteiger partial charge on any atom is 0.194 e. The molecule has 1 aromatic heterocycles. The van der Waals surface area contributed by atoms with Gasteiger partial charge in [0.25, 0.3) is 0 Å². The molecule has 6 heteroatoms. The fourth-order valence-electron chi connectivity index (χ4n) is 3.76. The standard InChI is InChI=1S/C18H31N5S/c1-3-16-11-20-17(24-16)12-21-18(19-2)23-10-7-15(14-23)13-22-8-5-4-6-9-22/h11,15H,3-10,12-14H2,1-2H3,(H,19,21). The fourth-order valence-corrected chi connectivity index (χ4v) is 4.56. The lowest BCUT2D eigenvalue weighted by Crippen LogP contribution is -2.41. The number of aryl methyl sites for hydroxylation is 1. The summed E-state index contributed by atoms with van der Waals surface area (Å²) in [5.74, 6) is 1.82. The monoisotopic (exact) mass is 349 g/mol. The SMILES string of the molecule is CCc1cnc(CNC(=NC)N2CCC(CN3CCCCC3)C2)s1.